The third-order valence-corrected chi connectivity index (χ3v) is 5.68. The summed E-state index contributed by atoms with van der Waals surface area (Å²) in [5, 5.41) is 2.48. The summed E-state index contributed by atoms with van der Waals surface area (Å²) in [5.41, 5.74) is 0.573. The summed E-state index contributed by atoms with van der Waals surface area (Å²) in [6.45, 7) is 1.78. The summed E-state index contributed by atoms with van der Waals surface area (Å²) in [4.78, 5) is 51.7. The maximum Gasteiger partial charge on any atom is 0.343 e. The lowest BCUT2D eigenvalue weighted by atomic mass is 10.1. The minimum Gasteiger partial charge on any atom is -0.493 e. The van der Waals surface area contributed by atoms with E-state index in [4.69, 9.17) is 25.8 Å². The number of esters is 2. The van der Waals surface area contributed by atoms with E-state index < -0.39 is 23.8 Å². The van der Waals surface area contributed by atoms with Crippen LogP contribution in [0.3, 0.4) is 0 Å². The number of anilines is 2. The van der Waals surface area contributed by atoms with E-state index in [0.717, 1.165) is 4.90 Å². The van der Waals surface area contributed by atoms with Crippen LogP contribution in [0.15, 0.2) is 83.5 Å². The lowest BCUT2D eigenvalue weighted by Crippen LogP contribution is -2.33. The average molecular weight is 521 g/mol. The van der Waals surface area contributed by atoms with E-state index >= 15 is 0 Å². The Hall–Kier alpha value is -4.63. The third-order valence-electron chi connectivity index (χ3n) is 5.33. The van der Waals surface area contributed by atoms with Gasteiger partial charge in [0.15, 0.2) is 11.5 Å². The van der Waals surface area contributed by atoms with Gasteiger partial charge in [-0.2, -0.15) is 0 Å². The van der Waals surface area contributed by atoms with Gasteiger partial charge in [0.05, 0.1) is 30.5 Å². The zero-order chi connectivity index (χ0) is 26.5. The Morgan fingerprint density at radius 3 is 2.19 bits per heavy atom. The van der Waals surface area contributed by atoms with Gasteiger partial charge in [0.25, 0.3) is 11.8 Å². The average Bonchev–Trinajstić information content (AvgIpc) is 3.12. The van der Waals surface area contributed by atoms with Crippen molar-refractivity contribution in [2.24, 2.45) is 0 Å². The first kappa shape index (κ1) is 25.5. The van der Waals surface area contributed by atoms with Gasteiger partial charge in [0, 0.05) is 5.69 Å². The lowest BCUT2D eigenvalue weighted by Gasteiger charge is -2.18. The molecule has 1 heterocycles. The Morgan fingerprint density at radius 2 is 1.51 bits per heavy atom. The fourth-order valence-corrected chi connectivity index (χ4v) is 3.79. The van der Waals surface area contributed by atoms with Gasteiger partial charge >= 0.3 is 11.9 Å². The molecule has 0 unspecified atom stereocenters. The van der Waals surface area contributed by atoms with Crippen molar-refractivity contribution < 1.29 is 33.4 Å². The number of amides is 2. The summed E-state index contributed by atoms with van der Waals surface area (Å²) in [6, 6.07) is 18.9. The molecule has 3 aromatic rings. The maximum atomic E-state index is 13.2. The molecule has 0 saturated carbocycles. The predicted molar refractivity (Wildman–Crippen MR) is 136 cm³/mol. The molecule has 0 aromatic heterocycles. The van der Waals surface area contributed by atoms with E-state index in [1.165, 1.54) is 43.5 Å². The first-order valence-electron chi connectivity index (χ1n) is 11.1. The first-order chi connectivity index (χ1) is 17.8. The number of carbonyl (C=O) groups is 4. The molecule has 188 valence electrons. The van der Waals surface area contributed by atoms with Crippen LogP contribution in [0.5, 0.6) is 11.5 Å². The zero-order valence-corrected chi connectivity index (χ0v) is 20.6. The highest BCUT2D eigenvalue weighted by molar-refractivity contribution is 6.53. The molecule has 0 fully saturated rings. The third kappa shape index (κ3) is 5.17. The molecular formula is C27H21ClN2O7. The number of hydrogen-bond acceptors (Lipinski definition) is 8. The molecule has 0 spiro atoms. The van der Waals surface area contributed by atoms with Crippen molar-refractivity contribution in [2.75, 3.05) is 23.9 Å². The fraction of sp³-hybridized carbons (Fsp3) is 0.111. The summed E-state index contributed by atoms with van der Waals surface area (Å²) in [7, 11) is 1.47. The molecule has 0 saturated heterocycles. The summed E-state index contributed by atoms with van der Waals surface area (Å²) < 4.78 is 15.6. The van der Waals surface area contributed by atoms with Crippen molar-refractivity contribution in [1.82, 2.24) is 0 Å². The van der Waals surface area contributed by atoms with Crippen LogP contribution in [0.4, 0.5) is 11.4 Å². The van der Waals surface area contributed by atoms with Crippen molar-refractivity contribution in [3.63, 3.8) is 0 Å². The van der Waals surface area contributed by atoms with Crippen LogP contribution in [0.1, 0.15) is 27.6 Å². The van der Waals surface area contributed by atoms with Crippen molar-refractivity contribution in [1.29, 1.82) is 0 Å². The number of methoxy groups -OCH3 is 1. The smallest absolute Gasteiger partial charge is 0.343 e. The number of imide groups is 1. The molecule has 1 aliphatic heterocycles. The van der Waals surface area contributed by atoms with E-state index in [9.17, 15) is 19.2 Å². The van der Waals surface area contributed by atoms with Gasteiger partial charge in [-0.1, -0.05) is 35.9 Å². The van der Waals surface area contributed by atoms with Crippen molar-refractivity contribution in [3.8, 4) is 11.5 Å². The van der Waals surface area contributed by atoms with Gasteiger partial charge in [-0.15, -0.1) is 0 Å². The van der Waals surface area contributed by atoms with E-state index in [2.05, 4.69) is 5.32 Å². The molecule has 0 bridgehead atoms. The van der Waals surface area contributed by atoms with Crippen LogP contribution >= 0.6 is 11.6 Å². The SMILES string of the molecule is CCOC(=O)c1ccccc1N1C(=O)C(Cl)=C(Nc2ccc(C(=O)Oc3ccccc3OC)cc2)C1=O. The molecule has 4 rings (SSSR count). The van der Waals surface area contributed by atoms with E-state index in [1.807, 2.05) is 0 Å². The van der Waals surface area contributed by atoms with Crippen LogP contribution in [-0.4, -0.2) is 37.5 Å². The highest BCUT2D eigenvalue weighted by Crippen LogP contribution is 2.33. The standard InChI is InChI=1S/C27H21ClN2O7/c1-3-36-27(34)18-8-4-5-9-19(18)30-24(31)22(28)23(25(30)32)29-17-14-12-16(13-15-17)26(33)37-21-11-7-6-10-20(21)35-2/h4-15,29H,3H2,1-2H3. The Morgan fingerprint density at radius 1 is 0.865 bits per heavy atom. The lowest BCUT2D eigenvalue weighted by molar-refractivity contribution is -0.120. The highest BCUT2D eigenvalue weighted by atomic mass is 35.5. The quantitative estimate of drug-likeness (QED) is 0.262. The number of nitrogens with one attached hydrogen (secondary N) is 1. The van der Waals surface area contributed by atoms with Crippen LogP contribution in [0, 0.1) is 0 Å². The number of carbonyl (C=O) groups excluding carboxylic acids is 4. The topological polar surface area (TPSA) is 111 Å². The molecule has 1 aliphatic rings. The number of nitrogens with zero attached hydrogens (tertiary/aromatic N) is 1. The molecule has 1 N–H and O–H groups in total. The summed E-state index contributed by atoms with van der Waals surface area (Å²) in [6.07, 6.45) is 0. The van der Waals surface area contributed by atoms with Crippen LogP contribution in [-0.2, 0) is 14.3 Å². The molecule has 2 amide bonds. The predicted octanol–water partition coefficient (Wildman–Crippen LogP) is 4.53. The summed E-state index contributed by atoms with van der Waals surface area (Å²) in [5.74, 6) is -2.13. The molecule has 3 aromatic carbocycles. The second-order valence-electron chi connectivity index (χ2n) is 7.62. The molecule has 0 atom stereocenters. The number of rotatable bonds is 8. The zero-order valence-electron chi connectivity index (χ0n) is 19.8. The Kier molecular flexibility index (Phi) is 7.55. The van der Waals surface area contributed by atoms with E-state index in [0.29, 0.717) is 11.4 Å². The van der Waals surface area contributed by atoms with Gasteiger partial charge in [0.1, 0.15) is 10.7 Å². The van der Waals surface area contributed by atoms with Crippen molar-refractivity contribution >= 4 is 46.7 Å². The molecule has 0 aliphatic carbocycles. The van der Waals surface area contributed by atoms with Gasteiger partial charge in [0.2, 0.25) is 0 Å². The summed E-state index contributed by atoms with van der Waals surface area (Å²) >= 11 is 6.21. The van der Waals surface area contributed by atoms with Gasteiger partial charge in [-0.25, -0.2) is 14.5 Å². The van der Waals surface area contributed by atoms with E-state index in [-0.39, 0.29) is 39.9 Å². The van der Waals surface area contributed by atoms with Crippen molar-refractivity contribution in [3.05, 3.63) is 94.7 Å². The van der Waals surface area contributed by atoms with Crippen LogP contribution in [0.25, 0.3) is 0 Å². The monoisotopic (exact) mass is 520 g/mol. The number of benzene rings is 3. The van der Waals surface area contributed by atoms with Gasteiger partial charge in [-0.3, -0.25) is 9.59 Å². The largest absolute Gasteiger partial charge is 0.493 e. The van der Waals surface area contributed by atoms with Crippen LogP contribution in [0.2, 0.25) is 0 Å². The number of para-hydroxylation sites is 3. The first-order valence-corrected chi connectivity index (χ1v) is 11.5. The fourth-order valence-electron chi connectivity index (χ4n) is 3.58. The van der Waals surface area contributed by atoms with Gasteiger partial charge < -0.3 is 19.5 Å². The highest BCUT2D eigenvalue weighted by Gasteiger charge is 2.40. The number of ether oxygens (including phenoxy) is 3. The second-order valence-corrected chi connectivity index (χ2v) is 7.99. The molecular weight excluding hydrogens is 500 g/mol. The van der Waals surface area contributed by atoms with Crippen molar-refractivity contribution in [2.45, 2.75) is 6.92 Å². The Balaban J connectivity index is 1.51. The molecule has 0 radical (unpaired) electrons. The minimum atomic E-state index is -0.789. The normalized spacial score (nSPS) is 13.0. The molecule has 10 heteroatoms. The maximum absolute atomic E-state index is 13.2. The second kappa shape index (κ2) is 11.0. The van der Waals surface area contributed by atoms with E-state index in [1.54, 1.807) is 43.3 Å². The molecule has 37 heavy (non-hydrogen) atoms. The number of hydrogen-bond donors (Lipinski definition) is 1. The van der Waals surface area contributed by atoms with Gasteiger partial charge in [-0.05, 0) is 55.5 Å². The molecule has 9 nitrogen and oxygen atoms in total. The Labute approximate surface area is 217 Å². The minimum absolute atomic E-state index is 0.0506. The Bertz CT molecular complexity index is 1420. The van der Waals surface area contributed by atoms with Crippen LogP contribution < -0.4 is 19.7 Å². The number of halogens is 1.